The summed E-state index contributed by atoms with van der Waals surface area (Å²) in [6.07, 6.45) is 0.788. The van der Waals surface area contributed by atoms with E-state index in [1.54, 1.807) is 12.1 Å². The van der Waals surface area contributed by atoms with E-state index in [0.29, 0.717) is 35.3 Å². The Kier molecular flexibility index (Phi) is 5.23. The molecule has 6 heteroatoms. The molecule has 1 aromatic heterocycles. The van der Waals surface area contributed by atoms with Crippen molar-refractivity contribution in [3.05, 3.63) is 28.1 Å². The average Bonchev–Trinajstić information content (AvgIpc) is 2.76. The summed E-state index contributed by atoms with van der Waals surface area (Å²) in [4.78, 5) is 12.6. The fourth-order valence-electron chi connectivity index (χ4n) is 1.86. The van der Waals surface area contributed by atoms with Gasteiger partial charge in [-0.25, -0.2) is 0 Å². The van der Waals surface area contributed by atoms with Gasteiger partial charge in [0, 0.05) is 34.9 Å². The molecule has 108 valence electrons. The van der Waals surface area contributed by atoms with Gasteiger partial charge in [0.2, 0.25) is 0 Å². The average molecular weight is 313 g/mol. The van der Waals surface area contributed by atoms with Gasteiger partial charge in [-0.05, 0) is 31.5 Å². The maximum Gasteiger partial charge on any atom is 0.263 e. The van der Waals surface area contributed by atoms with Crippen molar-refractivity contribution in [2.75, 3.05) is 25.5 Å². The molecular weight excluding hydrogens is 296 g/mol. The predicted octanol–water partition coefficient (Wildman–Crippen LogP) is 3.29. The Morgan fingerprint density at radius 2 is 2.30 bits per heavy atom. The van der Waals surface area contributed by atoms with E-state index in [9.17, 15) is 4.79 Å². The number of nitrogen functional groups attached to an aromatic ring is 1. The summed E-state index contributed by atoms with van der Waals surface area (Å²) in [6, 6.07) is 5.46. The van der Waals surface area contributed by atoms with Crippen LogP contribution in [-0.4, -0.2) is 25.7 Å². The second kappa shape index (κ2) is 6.92. The number of nitrogens with one attached hydrogen (secondary N) is 1. The number of rotatable bonds is 6. The number of thiophene rings is 1. The normalized spacial score (nSPS) is 10.9. The van der Waals surface area contributed by atoms with Crippen LogP contribution in [0.15, 0.2) is 18.2 Å². The molecule has 1 heterocycles. The van der Waals surface area contributed by atoms with Crippen molar-refractivity contribution >= 4 is 44.6 Å². The third-order valence-corrected chi connectivity index (χ3v) is 4.27. The molecule has 2 aromatic rings. The largest absolute Gasteiger partial charge is 0.397 e. The molecule has 0 atom stereocenters. The molecule has 0 saturated carbocycles. The first-order chi connectivity index (χ1) is 9.63. The summed E-state index contributed by atoms with van der Waals surface area (Å²) in [5.41, 5.74) is 6.52. The number of halogens is 1. The van der Waals surface area contributed by atoms with Crippen LogP contribution < -0.4 is 11.1 Å². The van der Waals surface area contributed by atoms with Crippen molar-refractivity contribution in [1.82, 2.24) is 5.32 Å². The van der Waals surface area contributed by atoms with Crippen LogP contribution >= 0.6 is 22.9 Å². The molecule has 0 bridgehead atoms. The van der Waals surface area contributed by atoms with Crippen molar-refractivity contribution in [2.24, 2.45) is 0 Å². The highest BCUT2D eigenvalue weighted by atomic mass is 35.5. The molecule has 0 fully saturated rings. The number of nitrogens with two attached hydrogens (primary N) is 1. The Hall–Kier alpha value is -1.30. The van der Waals surface area contributed by atoms with Gasteiger partial charge in [0.15, 0.2) is 0 Å². The Balaban J connectivity index is 2.05. The van der Waals surface area contributed by atoms with E-state index in [2.05, 4.69) is 5.32 Å². The molecule has 0 aliphatic rings. The number of hydrogen-bond donors (Lipinski definition) is 2. The maximum atomic E-state index is 12.1. The summed E-state index contributed by atoms with van der Waals surface area (Å²) in [5, 5.41) is 4.30. The highest BCUT2D eigenvalue weighted by Gasteiger charge is 2.16. The Labute approximate surface area is 126 Å². The molecule has 1 aromatic carbocycles. The molecule has 3 N–H and O–H groups in total. The van der Waals surface area contributed by atoms with Crippen molar-refractivity contribution < 1.29 is 9.53 Å². The SMILES string of the molecule is CCOCCCNC(=O)c1sc2ccc(Cl)cc2c1N. The van der Waals surface area contributed by atoms with E-state index in [-0.39, 0.29) is 5.91 Å². The van der Waals surface area contributed by atoms with Crippen LogP contribution in [0.3, 0.4) is 0 Å². The van der Waals surface area contributed by atoms with Gasteiger partial charge in [-0.2, -0.15) is 0 Å². The molecule has 0 aliphatic carbocycles. The van der Waals surface area contributed by atoms with Crippen LogP contribution in [0, 0.1) is 0 Å². The predicted molar refractivity (Wildman–Crippen MR) is 84.7 cm³/mol. The van der Waals surface area contributed by atoms with E-state index in [4.69, 9.17) is 22.1 Å². The van der Waals surface area contributed by atoms with E-state index in [1.807, 2.05) is 13.0 Å². The van der Waals surface area contributed by atoms with Crippen molar-refractivity contribution in [3.63, 3.8) is 0 Å². The lowest BCUT2D eigenvalue weighted by Crippen LogP contribution is -2.25. The lowest BCUT2D eigenvalue weighted by molar-refractivity contribution is 0.0949. The zero-order valence-corrected chi connectivity index (χ0v) is 12.8. The summed E-state index contributed by atoms with van der Waals surface area (Å²) >= 11 is 7.33. The van der Waals surface area contributed by atoms with Crippen molar-refractivity contribution in [3.8, 4) is 0 Å². The summed E-state index contributed by atoms with van der Waals surface area (Å²) < 4.78 is 6.18. The lowest BCUT2D eigenvalue weighted by atomic mass is 10.2. The molecular formula is C14H17ClN2O2S. The van der Waals surface area contributed by atoms with Gasteiger partial charge in [0.1, 0.15) is 4.88 Å². The fraction of sp³-hybridized carbons (Fsp3) is 0.357. The third-order valence-electron chi connectivity index (χ3n) is 2.85. The summed E-state index contributed by atoms with van der Waals surface area (Å²) in [6.45, 7) is 3.86. The number of anilines is 1. The highest BCUT2D eigenvalue weighted by molar-refractivity contribution is 7.21. The fourth-order valence-corrected chi connectivity index (χ4v) is 3.05. The molecule has 2 rings (SSSR count). The van der Waals surface area contributed by atoms with E-state index in [1.165, 1.54) is 11.3 Å². The lowest BCUT2D eigenvalue weighted by Gasteiger charge is -2.04. The second-order valence-electron chi connectivity index (χ2n) is 4.29. The van der Waals surface area contributed by atoms with E-state index >= 15 is 0 Å². The number of carbonyl (C=O) groups excluding carboxylic acids is 1. The van der Waals surface area contributed by atoms with Crippen molar-refractivity contribution in [1.29, 1.82) is 0 Å². The summed E-state index contributed by atoms with van der Waals surface area (Å²) in [5.74, 6) is -0.142. The standard InChI is InChI=1S/C14H17ClN2O2S/c1-2-19-7-3-6-17-14(18)13-12(16)10-8-9(15)4-5-11(10)20-13/h4-5,8H,2-3,6-7,16H2,1H3,(H,17,18). The monoisotopic (exact) mass is 312 g/mol. The van der Waals surface area contributed by atoms with Gasteiger partial charge >= 0.3 is 0 Å². The molecule has 0 spiro atoms. The van der Waals surface area contributed by atoms with Gasteiger partial charge in [0.05, 0.1) is 5.69 Å². The van der Waals surface area contributed by atoms with Crippen LogP contribution in [0.2, 0.25) is 5.02 Å². The number of amides is 1. The van der Waals surface area contributed by atoms with Crippen LogP contribution in [0.4, 0.5) is 5.69 Å². The van der Waals surface area contributed by atoms with Crippen LogP contribution in [0.25, 0.3) is 10.1 Å². The molecule has 1 amide bonds. The smallest absolute Gasteiger partial charge is 0.263 e. The first-order valence-corrected chi connectivity index (χ1v) is 7.66. The minimum absolute atomic E-state index is 0.142. The maximum absolute atomic E-state index is 12.1. The van der Waals surface area contributed by atoms with Gasteiger partial charge in [0.25, 0.3) is 5.91 Å². The topological polar surface area (TPSA) is 64.3 Å². The van der Waals surface area contributed by atoms with Gasteiger partial charge in [-0.3, -0.25) is 4.79 Å². The quantitative estimate of drug-likeness (QED) is 0.804. The van der Waals surface area contributed by atoms with Gasteiger partial charge < -0.3 is 15.8 Å². The van der Waals surface area contributed by atoms with Gasteiger partial charge in [-0.15, -0.1) is 11.3 Å². The minimum Gasteiger partial charge on any atom is -0.397 e. The van der Waals surface area contributed by atoms with Crippen LogP contribution in [0.5, 0.6) is 0 Å². The number of ether oxygens (including phenoxy) is 1. The number of fused-ring (bicyclic) bond motifs is 1. The Morgan fingerprint density at radius 1 is 1.50 bits per heavy atom. The van der Waals surface area contributed by atoms with Crippen molar-refractivity contribution in [2.45, 2.75) is 13.3 Å². The number of benzene rings is 1. The highest BCUT2D eigenvalue weighted by Crippen LogP contribution is 2.35. The van der Waals surface area contributed by atoms with E-state index < -0.39 is 0 Å². The van der Waals surface area contributed by atoms with E-state index in [0.717, 1.165) is 16.5 Å². The first-order valence-electron chi connectivity index (χ1n) is 6.47. The molecule has 0 saturated heterocycles. The number of carbonyl (C=O) groups is 1. The zero-order valence-electron chi connectivity index (χ0n) is 11.2. The summed E-state index contributed by atoms with van der Waals surface area (Å²) in [7, 11) is 0. The van der Waals surface area contributed by atoms with Crippen LogP contribution in [0.1, 0.15) is 23.0 Å². The molecule has 20 heavy (non-hydrogen) atoms. The molecule has 4 nitrogen and oxygen atoms in total. The molecule has 0 unspecified atom stereocenters. The Morgan fingerprint density at radius 3 is 3.05 bits per heavy atom. The molecule has 0 aliphatic heterocycles. The van der Waals surface area contributed by atoms with Crippen LogP contribution in [-0.2, 0) is 4.74 Å². The zero-order chi connectivity index (χ0) is 14.5. The molecule has 0 radical (unpaired) electrons. The Bertz CT molecular complexity index is 612. The number of hydrogen-bond acceptors (Lipinski definition) is 4. The minimum atomic E-state index is -0.142. The first kappa shape index (κ1) is 15.1. The second-order valence-corrected chi connectivity index (χ2v) is 5.78. The van der Waals surface area contributed by atoms with Gasteiger partial charge in [-0.1, -0.05) is 11.6 Å². The third kappa shape index (κ3) is 3.42.